The van der Waals surface area contributed by atoms with Crippen molar-refractivity contribution < 1.29 is 27.9 Å². The molecule has 6 unspecified atom stereocenters. The standard InChI is InChI=1S/C41H49NO6S/c1-41(2,3)49(43)42-26-16-25-36-38(45-28-33-19-10-5-11-20-33)40(47-30-35-23-14-7-15-24-35)39(46-29-34-21-12-6-13-22-34)37(48-36)31-44-27-32-17-8-4-9-18-32/h4-15,17-24,26,36-40H,16,25,27-31H2,1-3H3. The second-order valence-corrected chi connectivity index (χ2v) is 15.2. The Morgan fingerprint density at radius 3 is 1.47 bits per heavy atom. The topological polar surface area (TPSA) is 75.6 Å². The largest absolute Gasteiger partial charge is 0.374 e. The van der Waals surface area contributed by atoms with Gasteiger partial charge in [-0.15, -0.1) is 0 Å². The second-order valence-electron chi connectivity index (χ2n) is 13.2. The van der Waals surface area contributed by atoms with E-state index in [-0.39, 0.29) is 6.10 Å². The zero-order chi connectivity index (χ0) is 34.3. The second kappa shape index (κ2) is 19.0. The van der Waals surface area contributed by atoms with E-state index < -0.39 is 40.1 Å². The Hall–Kier alpha value is -3.50. The van der Waals surface area contributed by atoms with E-state index in [4.69, 9.17) is 23.7 Å². The smallest absolute Gasteiger partial charge is 0.144 e. The van der Waals surface area contributed by atoms with E-state index in [1.807, 2.05) is 106 Å². The summed E-state index contributed by atoms with van der Waals surface area (Å²) >= 11 is 0. The van der Waals surface area contributed by atoms with E-state index in [2.05, 4.69) is 40.8 Å². The Morgan fingerprint density at radius 1 is 0.612 bits per heavy atom. The van der Waals surface area contributed by atoms with Gasteiger partial charge in [0, 0.05) is 6.21 Å². The van der Waals surface area contributed by atoms with E-state index in [1.54, 1.807) is 6.21 Å². The van der Waals surface area contributed by atoms with Crippen LogP contribution in [-0.4, -0.2) is 52.3 Å². The highest BCUT2D eigenvalue weighted by molar-refractivity contribution is 7.85. The van der Waals surface area contributed by atoms with Crippen molar-refractivity contribution in [1.29, 1.82) is 0 Å². The maximum atomic E-state index is 12.6. The Bertz CT molecular complexity index is 1550. The lowest BCUT2D eigenvalue weighted by Gasteiger charge is -2.46. The lowest BCUT2D eigenvalue weighted by molar-refractivity contribution is -0.273. The molecule has 1 heterocycles. The van der Waals surface area contributed by atoms with Crippen LogP contribution in [0.3, 0.4) is 0 Å². The fourth-order valence-electron chi connectivity index (χ4n) is 5.63. The molecule has 0 amide bonds. The number of ether oxygens (including phenoxy) is 5. The lowest BCUT2D eigenvalue weighted by Crippen LogP contribution is -2.61. The van der Waals surface area contributed by atoms with E-state index >= 15 is 0 Å². The Morgan fingerprint density at radius 2 is 1.02 bits per heavy atom. The van der Waals surface area contributed by atoms with Crippen molar-refractivity contribution in [3.05, 3.63) is 144 Å². The molecule has 0 N–H and O–H groups in total. The van der Waals surface area contributed by atoms with Crippen LogP contribution >= 0.6 is 0 Å². The maximum absolute atomic E-state index is 12.6. The average molecular weight is 684 g/mol. The summed E-state index contributed by atoms with van der Waals surface area (Å²) in [5.74, 6) is 0. The van der Waals surface area contributed by atoms with Gasteiger partial charge in [0.15, 0.2) is 0 Å². The van der Waals surface area contributed by atoms with Crippen LogP contribution in [0.15, 0.2) is 126 Å². The average Bonchev–Trinajstić information content (AvgIpc) is 3.12. The van der Waals surface area contributed by atoms with Crippen LogP contribution in [0.4, 0.5) is 0 Å². The van der Waals surface area contributed by atoms with Crippen LogP contribution < -0.4 is 0 Å². The molecule has 0 bridgehead atoms. The first-order valence-electron chi connectivity index (χ1n) is 17.0. The van der Waals surface area contributed by atoms with Crippen molar-refractivity contribution in [2.75, 3.05) is 6.61 Å². The molecule has 49 heavy (non-hydrogen) atoms. The Labute approximate surface area is 294 Å². The van der Waals surface area contributed by atoms with Crippen LogP contribution in [0.5, 0.6) is 0 Å². The monoisotopic (exact) mass is 683 g/mol. The highest BCUT2D eigenvalue weighted by Gasteiger charge is 2.48. The summed E-state index contributed by atoms with van der Waals surface area (Å²) < 4.78 is 50.0. The Kier molecular flexibility index (Phi) is 14.3. The van der Waals surface area contributed by atoms with Gasteiger partial charge in [0.25, 0.3) is 0 Å². The normalized spacial score (nSPS) is 21.9. The SMILES string of the molecule is CC(C)(C)S(=O)N=CCCC1OC(COCc2ccccc2)C(OCc2ccccc2)C(OCc2ccccc2)C1OCc1ccccc1. The van der Waals surface area contributed by atoms with Crippen LogP contribution in [0.1, 0.15) is 55.9 Å². The first-order chi connectivity index (χ1) is 23.9. The van der Waals surface area contributed by atoms with Gasteiger partial charge in [-0.25, -0.2) is 4.21 Å². The zero-order valence-corrected chi connectivity index (χ0v) is 29.6. The first kappa shape index (κ1) is 36.8. The molecule has 1 aliphatic heterocycles. The molecule has 1 fully saturated rings. The van der Waals surface area contributed by atoms with Gasteiger partial charge in [-0.3, -0.25) is 0 Å². The fraction of sp³-hybridized carbons (Fsp3) is 0.390. The first-order valence-corrected chi connectivity index (χ1v) is 18.2. The molecule has 0 aliphatic carbocycles. The quantitative estimate of drug-likeness (QED) is 0.105. The number of nitrogens with zero attached hydrogens (tertiary/aromatic N) is 1. The van der Waals surface area contributed by atoms with Crippen LogP contribution in [0.2, 0.25) is 0 Å². The molecule has 0 aromatic heterocycles. The number of benzene rings is 4. The van der Waals surface area contributed by atoms with Crippen molar-refractivity contribution in [2.45, 2.75) is 95.3 Å². The summed E-state index contributed by atoms with van der Waals surface area (Å²) in [5, 5.41) is 0. The third kappa shape index (κ3) is 11.8. The van der Waals surface area contributed by atoms with Gasteiger partial charge < -0.3 is 23.7 Å². The molecule has 1 saturated heterocycles. The highest BCUT2D eigenvalue weighted by atomic mass is 32.2. The van der Waals surface area contributed by atoms with Gasteiger partial charge >= 0.3 is 0 Å². The number of hydrogen-bond donors (Lipinski definition) is 0. The molecule has 4 aromatic rings. The molecule has 260 valence electrons. The number of rotatable bonds is 17. The molecule has 6 atom stereocenters. The molecule has 4 aromatic carbocycles. The summed E-state index contributed by atoms with van der Waals surface area (Å²) in [6, 6.07) is 40.5. The van der Waals surface area contributed by atoms with Crippen molar-refractivity contribution in [1.82, 2.24) is 0 Å². The van der Waals surface area contributed by atoms with E-state index in [1.165, 1.54) is 0 Å². The minimum absolute atomic E-state index is 0.309. The molecule has 0 radical (unpaired) electrons. The van der Waals surface area contributed by atoms with Gasteiger partial charge in [-0.1, -0.05) is 121 Å². The Balaban J connectivity index is 1.43. The van der Waals surface area contributed by atoms with Crippen LogP contribution in [0.25, 0.3) is 0 Å². The van der Waals surface area contributed by atoms with Gasteiger partial charge in [0.1, 0.15) is 35.4 Å². The number of hydrogen-bond acceptors (Lipinski definition) is 6. The van der Waals surface area contributed by atoms with Gasteiger partial charge in [-0.2, -0.15) is 4.40 Å². The molecule has 7 nitrogen and oxygen atoms in total. The van der Waals surface area contributed by atoms with Crippen LogP contribution in [0, 0.1) is 0 Å². The van der Waals surface area contributed by atoms with Crippen molar-refractivity contribution >= 4 is 17.2 Å². The third-order valence-electron chi connectivity index (χ3n) is 8.25. The molecule has 8 heteroatoms. The van der Waals surface area contributed by atoms with Gasteiger partial charge in [0.2, 0.25) is 0 Å². The van der Waals surface area contributed by atoms with Crippen molar-refractivity contribution in [3.63, 3.8) is 0 Å². The molecule has 1 aliphatic rings. The summed E-state index contributed by atoms with van der Waals surface area (Å²) in [6.45, 7) is 7.68. The lowest BCUT2D eigenvalue weighted by atomic mass is 9.92. The van der Waals surface area contributed by atoms with E-state index in [0.717, 1.165) is 22.3 Å². The predicted molar refractivity (Wildman–Crippen MR) is 195 cm³/mol. The maximum Gasteiger partial charge on any atom is 0.144 e. The minimum atomic E-state index is -1.34. The van der Waals surface area contributed by atoms with Gasteiger partial charge in [0.05, 0.1) is 43.9 Å². The van der Waals surface area contributed by atoms with Crippen molar-refractivity contribution in [3.8, 4) is 0 Å². The third-order valence-corrected chi connectivity index (χ3v) is 9.64. The molecular weight excluding hydrogens is 635 g/mol. The minimum Gasteiger partial charge on any atom is -0.374 e. The molecule has 0 spiro atoms. The summed E-state index contributed by atoms with van der Waals surface area (Å²) in [6.07, 6.45) is 0.688. The van der Waals surface area contributed by atoms with Crippen LogP contribution in [-0.2, 0) is 61.1 Å². The summed E-state index contributed by atoms with van der Waals surface area (Å²) in [4.78, 5) is 0. The van der Waals surface area contributed by atoms with E-state index in [9.17, 15) is 4.21 Å². The zero-order valence-electron chi connectivity index (χ0n) is 28.8. The predicted octanol–water partition coefficient (Wildman–Crippen LogP) is 8.04. The molecule has 5 rings (SSSR count). The van der Waals surface area contributed by atoms with Gasteiger partial charge in [-0.05, 0) is 55.9 Å². The summed E-state index contributed by atoms with van der Waals surface area (Å²) in [7, 11) is -1.34. The molecular formula is C41H49NO6S. The molecule has 0 saturated carbocycles. The highest BCUT2D eigenvalue weighted by Crippen LogP contribution is 2.33. The summed E-state index contributed by atoms with van der Waals surface area (Å²) in [5.41, 5.74) is 4.25. The van der Waals surface area contributed by atoms with Crippen molar-refractivity contribution in [2.24, 2.45) is 4.40 Å². The van der Waals surface area contributed by atoms with E-state index in [0.29, 0.717) is 45.9 Å². The fourth-order valence-corrected chi connectivity index (χ4v) is 6.19.